The minimum atomic E-state index is -0.281. The van der Waals surface area contributed by atoms with Crippen molar-refractivity contribution in [1.82, 2.24) is 0 Å². The highest BCUT2D eigenvalue weighted by Gasteiger charge is 2.34. The van der Waals surface area contributed by atoms with E-state index in [0.29, 0.717) is 6.42 Å². The fourth-order valence-corrected chi connectivity index (χ4v) is 2.96. The first-order valence-corrected chi connectivity index (χ1v) is 7.13. The first-order chi connectivity index (χ1) is 8.49. The topological polar surface area (TPSA) is 35.2 Å². The fourth-order valence-electron chi connectivity index (χ4n) is 2.45. The zero-order valence-electron chi connectivity index (χ0n) is 10.6. The second-order valence-corrected chi connectivity index (χ2v) is 6.12. The van der Waals surface area contributed by atoms with E-state index in [4.69, 9.17) is 10.5 Å². The number of hydrogen-bond acceptors (Lipinski definition) is 2. The molecule has 0 aromatic heterocycles. The largest absolute Gasteiger partial charge is 0.374 e. The van der Waals surface area contributed by atoms with Gasteiger partial charge in [0.1, 0.15) is 5.82 Å². The van der Waals surface area contributed by atoms with Crippen LogP contribution in [0.25, 0.3) is 0 Å². The maximum atomic E-state index is 13.3. The van der Waals surface area contributed by atoms with E-state index >= 15 is 0 Å². The lowest BCUT2D eigenvalue weighted by Gasteiger charge is -2.39. The van der Waals surface area contributed by atoms with Crippen molar-refractivity contribution in [2.75, 3.05) is 6.61 Å². The van der Waals surface area contributed by atoms with Crippen molar-refractivity contribution >= 4 is 15.9 Å². The first kappa shape index (κ1) is 14.0. The number of benzene rings is 1. The average molecular weight is 316 g/mol. The molecule has 0 aliphatic carbocycles. The smallest absolute Gasteiger partial charge is 0.124 e. The Bertz CT molecular complexity index is 398. The molecule has 1 saturated heterocycles. The monoisotopic (exact) mass is 315 g/mol. The average Bonchev–Trinajstić information content (AvgIpc) is 2.28. The van der Waals surface area contributed by atoms with Gasteiger partial charge in [0.25, 0.3) is 0 Å². The summed E-state index contributed by atoms with van der Waals surface area (Å²) < 4.78 is 19.9. The molecule has 4 heteroatoms. The second kappa shape index (κ2) is 5.68. The Balaban J connectivity index is 2.08. The van der Waals surface area contributed by atoms with Gasteiger partial charge in [0.15, 0.2) is 0 Å². The molecule has 0 spiro atoms. The van der Waals surface area contributed by atoms with E-state index in [2.05, 4.69) is 22.9 Å². The van der Waals surface area contributed by atoms with E-state index in [0.717, 1.165) is 35.9 Å². The van der Waals surface area contributed by atoms with Crippen LogP contribution < -0.4 is 5.73 Å². The molecule has 1 fully saturated rings. The highest BCUT2D eigenvalue weighted by molar-refractivity contribution is 9.10. The van der Waals surface area contributed by atoms with Crippen LogP contribution in [-0.4, -0.2) is 18.2 Å². The summed E-state index contributed by atoms with van der Waals surface area (Å²) in [6, 6.07) is 4.80. The molecule has 1 aromatic rings. The maximum Gasteiger partial charge on any atom is 0.124 e. The van der Waals surface area contributed by atoms with E-state index in [1.807, 2.05) is 6.07 Å². The van der Waals surface area contributed by atoms with Gasteiger partial charge in [0.2, 0.25) is 0 Å². The molecule has 2 rings (SSSR count). The van der Waals surface area contributed by atoms with Gasteiger partial charge in [-0.1, -0.05) is 15.9 Å². The minimum Gasteiger partial charge on any atom is -0.374 e. The standard InChI is InChI=1S/C14H19BrFNO/c1-14(4-2-3-5-18-14)13(17)8-10-6-11(15)9-12(16)7-10/h6-7,9,13H,2-5,8,17H2,1H3. The molecule has 1 aromatic carbocycles. The highest BCUT2D eigenvalue weighted by atomic mass is 79.9. The molecule has 0 amide bonds. The van der Waals surface area contributed by atoms with E-state index in [1.54, 1.807) is 0 Å². The Labute approximate surface area is 116 Å². The summed E-state index contributed by atoms with van der Waals surface area (Å²) >= 11 is 3.30. The summed E-state index contributed by atoms with van der Waals surface area (Å²) in [4.78, 5) is 0. The third-order valence-corrected chi connectivity index (χ3v) is 4.12. The van der Waals surface area contributed by atoms with E-state index in [1.165, 1.54) is 12.1 Å². The molecule has 2 nitrogen and oxygen atoms in total. The van der Waals surface area contributed by atoms with Crippen LogP contribution in [0, 0.1) is 5.82 Å². The van der Waals surface area contributed by atoms with Crippen molar-refractivity contribution in [2.45, 2.75) is 44.2 Å². The zero-order chi connectivity index (χ0) is 13.2. The molecular weight excluding hydrogens is 297 g/mol. The predicted octanol–water partition coefficient (Wildman–Crippen LogP) is 3.42. The maximum absolute atomic E-state index is 13.3. The molecule has 1 heterocycles. The van der Waals surface area contributed by atoms with Crippen LogP contribution in [0.2, 0.25) is 0 Å². The highest BCUT2D eigenvalue weighted by Crippen LogP contribution is 2.29. The lowest BCUT2D eigenvalue weighted by molar-refractivity contribution is -0.0808. The van der Waals surface area contributed by atoms with Gasteiger partial charge in [-0.15, -0.1) is 0 Å². The van der Waals surface area contributed by atoms with E-state index in [9.17, 15) is 4.39 Å². The van der Waals surface area contributed by atoms with Crippen molar-refractivity contribution in [3.63, 3.8) is 0 Å². The van der Waals surface area contributed by atoms with Gasteiger partial charge in [0.05, 0.1) is 5.60 Å². The fraction of sp³-hybridized carbons (Fsp3) is 0.571. The number of hydrogen-bond donors (Lipinski definition) is 1. The third kappa shape index (κ3) is 3.31. The minimum absolute atomic E-state index is 0.105. The van der Waals surface area contributed by atoms with E-state index < -0.39 is 0 Å². The molecule has 100 valence electrons. The molecule has 2 N–H and O–H groups in total. The van der Waals surface area contributed by atoms with Gasteiger partial charge in [-0.2, -0.15) is 0 Å². The lowest BCUT2D eigenvalue weighted by atomic mass is 9.85. The normalized spacial score (nSPS) is 26.0. The van der Waals surface area contributed by atoms with Crippen molar-refractivity contribution in [2.24, 2.45) is 5.73 Å². The summed E-state index contributed by atoms with van der Waals surface area (Å²) in [6.07, 6.45) is 3.86. The summed E-state index contributed by atoms with van der Waals surface area (Å²) in [5.74, 6) is -0.235. The number of halogens is 2. The molecular formula is C14H19BrFNO. The van der Waals surface area contributed by atoms with Gasteiger partial charge in [-0.3, -0.25) is 0 Å². The molecule has 0 saturated carbocycles. The van der Waals surface area contributed by atoms with Gasteiger partial charge in [-0.25, -0.2) is 4.39 Å². The van der Waals surface area contributed by atoms with Gasteiger partial charge < -0.3 is 10.5 Å². The molecule has 1 aliphatic heterocycles. The van der Waals surface area contributed by atoms with Crippen LogP contribution >= 0.6 is 15.9 Å². The summed E-state index contributed by atoms with van der Waals surface area (Å²) in [5, 5.41) is 0. The number of ether oxygens (including phenoxy) is 1. The van der Waals surface area contributed by atoms with E-state index in [-0.39, 0.29) is 17.5 Å². The van der Waals surface area contributed by atoms with Crippen LogP contribution in [0.4, 0.5) is 4.39 Å². The Morgan fingerprint density at radius 2 is 2.22 bits per heavy atom. The molecule has 2 atom stereocenters. The van der Waals surface area contributed by atoms with Crippen LogP contribution in [0.15, 0.2) is 22.7 Å². The molecule has 1 aliphatic rings. The summed E-state index contributed by atoms with van der Waals surface area (Å²) in [5.41, 5.74) is 6.88. The van der Waals surface area contributed by atoms with Crippen LogP contribution in [-0.2, 0) is 11.2 Å². The van der Waals surface area contributed by atoms with Crippen molar-refractivity contribution < 1.29 is 9.13 Å². The lowest BCUT2D eigenvalue weighted by Crippen LogP contribution is -2.50. The summed E-state index contributed by atoms with van der Waals surface area (Å²) in [6.45, 7) is 2.84. The third-order valence-electron chi connectivity index (χ3n) is 3.66. The van der Waals surface area contributed by atoms with Gasteiger partial charge in [-0.05, 0) is 56.4 Å². The Morgan fingerprint density at radius 3 is 2.83 bits per heavy atom. The molecule has 18 heavy (non-hydrogen) atoms. The quantitative estimate of drug-likeness (QED) is 0.927. The Kier molecular flexibility index (Phi) is 4.41. The SMILES string of the molecule is CC1(C(N)Cc2cc(F)cc(Br)c2)CCCCO1. The van der Waals surface area contributed by atoms with Crippen molar-refractivity contribution in [1.29, 1.82) is 0 Å². The Morgan fingerprint density at radius 1 is 1.44 bits per heavy atom. The van der Waals surface area contributed by atoms with Gasteiger partial charge >= 0.3 is 0 Å². The first-order valence-electron chi connectivity index (χ1n) is 6.34. The van der Waals surface area contributed by atoms with Crippen molar-refractivity contribution in [3.05, 3.63) is 34.1 Å². The van der Waals surface area contributed by atoms with Crippen LogP contribution in [0.5, 0.6) is 0 Å². The Hall–Kier alpha value is -0.450. The van der Waals surface area contributed by atoms with Gasteiger partial charge in [0, 0.05) is 17.1 Å². The second-order valence-electron chi connectivity index (χ2n) is 5.21. The molecule has 0 radical (unpaired) electrons. The summed E-state index contributed by atoms with van der Waals surface area (Å²) in [7, 11) is 0. The van der Waals surface area contributed by atoms with Crippen LogP contribution in [0.1, 0.15) is 31.7 Å². The van der Waals surface area contributed by atoms with Crippen LogP contribution in [0.3, 0.4) is 0 Å². The molecule has 2 unspecified atom stereocenters. The molecule has 0 bridgehead atoms. The van der Waals surface area contributed by atoms with Crippen molar-refractivity contribution in [3.8, 4) is 0 Å². The number of rotatable bonds is 3. The number of nitrogens with two attached hydrogens (primary N) is 1. The predicted molar refractivity (Wildman–Crippen MR) is 74.0 cm³/mol. The zero-order valence-corrected chi connectivity index (χ0v) is 12.2.